The maximum absolute atomic E-state index is 5.25. The molecule has 0 saturated heterocycles. The summed E-state index contributed by atoms with van der Waals surface area (Å²) in [6.07, 6.45) is 1.71. The molecule has 0 fully saturated rings. The second kappa shape index (κ2) is 2.89. The van der Waals surface area contributed by atoms with Gasteiger partial charge in [-0.2, -0.15) is 0 Å². The summed E-state index contributed by atoms with van der Waals surface area (Å²) in [7, 11) is 0. The third-order valence-corrected chi connectivity index (χ3v) is 1.58. The van der Waals surface area contributed by atoms with Crippen LogP contribution in [0.3, 0.4) is 0 Å². The summed E-state index contributed by atoms with van der Waals surface area (Å²) < 4.78 is 5.25. The molecule has 0 radical (unpaired) electrons. The van der Waals surface area contributed by atoms with Gasteiger partial charge < -0.3 is 4.74 Å². The van der Waals surface area contributed by atoms with Crippen LogP contribution in [-0.4, -0.2) is 29.0 Å². The Hall–Kier alpha value is -1.45. The van der Waals surface area contributed by atoms with E-state index in [0.717, 1.165) is 18.1 Å². The van der Waals surface area contributed by atoms with Crippen LogP contribution in [0.5, 0.6) is 0 Å². The van der Waals surface area contributed by atoms with Crippen molar-refractivity contribution in [3.63, 3.8) is 0 Å². The van der Waals surface area contributed by atoms with Crippen molar-refractivity contribution in [1.82, 2.24) is 9.97 Å². The van der Waals surface area contributed by atoms with Crippen LogP contribution in [0, 0.1) is 6.92 Å². The Morgan fingerprint density at radius 2 is 2.42 bits per heavy atom. The highest BCUT2D eigenvalue weighted by atomic mass is 16.5. The Kier molecular flexibility index (Phi) is 1.74. The normalized spacial score (nSPS) is 15.6. The van der Waals surface area contributed by atoms with Crippen molar-refractivity contribution in [3.05, 3.63) is 23.8 Å². The Bertz CT molecular complexity index is 322. The minimum atomic E-state index is 0.639. The van der Waals surface area contributed by atoms with E-state index in [2.05, 4.69) is 15.0 Å². The zero-order valence-corrected chi connectivity index (χ0v) is 6.82. The van der Waals surface area contributed by atoms with Crippen LogP contribution in [0.25, 0.3) is 0 Å². The number of nitrogens with zero attached hydrogens (tertiary/aromatic N) is 3. The van der Waals surface area contributed by atoms with Gasteiger partial charge in [0.2, 0.25) is 5.90 Å². The minimum Gasteiger partial charge on any atom is -0.474 e. The molecule has 0 N–H and O–H groups in total. The smallest absolute Gasteiger partial charge is 0.235 e. The van der Waals surface area contributed by atoms with E-state index >= 15 is 0 Å². The molecule has 0 atom stereocenters. The summed E-state index contributed by atoms with van der Waals surface area (Å²) in [5, 5.41) is 0. The van der Waals surface area contributed by atoms with Gasteiger partial charge in [0.15, 0.2) is 0 Å². The maximum Gasteiger partial charge on any atom is 0.235 e. The van der Waals surface area contributed by atoms with Crippen LogP contribution >= 0.6 is 0 Å². The van der Waals surface area contributed by atoms with Gasteiger partial charge in [0.25, 0.3) is 0 Å². The largest absolute Gasteiger partial charge is 0.474 e. The molecule has 2 rings (SSSR count). The van der Waals surface area contributed by atoms with Crippen molar-refractivity contribution in [3.8, 4) is 0 Å². The number of hydrogen-bond donors (Lipinski definition) is 0. The van der Waals surface area contributed by atoms with Crippen LogP contribution in [0.4, 0.5) is 0 Å². The standard InChI is InChI=1S/C8H9N3O/c1-6-9-3-2-7(11-6)8-10-4-5-12-8/h2-3H,4-5H2,1H3. The Balaban J connectivity index is 2.33. The van der Waals surface area contributed by atoms with Crippen LogP contribution in [-0.2, 0) is 4.74 Å². The number of ether oxygens (including phenoxy) is 1. The van der Waals surface area contributed by atoms with E-state index in [-0.39, 0.29) is 0 Å². The summed E-state index contributed by atoms with van der Waals surface area (Å²) in [4.78, 5) is 12.3. The van der Waals surface area contributed by atoms with Gasteiger partial charge in [-0.15, -0.1) is 0 Å². The van der Waals surface area contributed by atoms with Crippen LogP contribution in [0.2, 0.25) is 0 Å². The fourth-order valence-corrected chi connectivity index (χ4v) is 1.07. The predicted molar refractivity (Wildman–Crippen MR) is 44.1 cm³/mol. The molecule has 0 spiro atoms. The highest BCUT2D eigenvalue weighted by Gasteiger charge is 2.10. The fraction of sp³-hybridized carbons (Fsp3) is 0.375. The summed E-state index contributed by atoms with van der Waals surface area (Å²) in [5.74, 6) is 1.38. The van der Waals surface area contributed by atoms with Crippen molar-refractivity contribution in [2.75, 3.05) is 13.2 Å². The van der Waals surface area contributed by atoms with Gasteiger partial charge in [-0.1, -0.05) is 0 Å². The first-order valence-electron chi connectivity index (χ1n) is 3.83. The number of hydrogen-bond acceptors (Lipinski definition) is 4. The molecule has 1 aromatic heterocycles. The van der Waals surface area contributed by atoms with Crippen LogP contribution in [0.1, 0.15) is 11.5 Å². The zero-order chi connectivity index (χ0) is 8.39. The molecular formula is C8H9N3O. The second-order valence-electron chi connectivity index (χ2n) is 2.52. The molecule has 0 amide bonds. The fourth-order valence-electron chi connectivity index (χ4n) is 1.07. The molecule has 4 nitrogen and oxygen atoms in total. The molecule has 0 saturated carbocycles. The van der Waals surface area contributed by atoms with Gasteiger partial charge in [0.05, 0.1) is 6.54 Å². The third-order valence-electron chi connectivity index (χ3n) is 1.58. The lowest BCUT2D eigenvalue weighted by Gasteiger charge is -1.99. The highest BCUT2D eigenvalue weighted by molar-refractivity contribution is 5.92. The SMILES string of the molecule is Cc1nccc(C2=NCCO2)n1. The van der Waals surface area contributed by atoms with E-state index in [1.165, 1.54) is 0 Å². The Morgan fingerprint density at radius 1 is 1.50 bits per heavy atom. The molecule has 62 valence electrons. The first kappa shape index (κ1) is 7.21. The van der Waals surface area contributed by atoms with E-state index in [1.807, 2.05) is 6.92 Å². The topological polar surface area (TPSA) is 47.4 Å². The molecule has 0 aliphatic carbocycles. The molecular weight excluding hydrogens is 154 g/mol. The monoisotopic (exact) mass is 163 g/mol. The van der Waals surface area contributed by atoms with Crippen molar-refractivity contribution >= 4 is 5.90 Å². The van der Waals surface area contributed by atoms with E-state index in [1.54, 1.807) is 12.3 Å². The lowest BCUT2D eigenvalue weighted by molar-refractivity contribution is 0.347. The van der Waals surface area contributed by atoms with Crippen molar-refractivity contribution in [2.45, 2.75) is 6.92 Å². The predicted octanol–water partition coefficient (Wildman–Crippen LogP) is 0.562. The molecule has 1 aliphatic heterocycles. The van der Waals surface area contributed by atoms with Gasteiger partial charge >= 0.3 is 0 Å². The van der Waals surface area contributed by atoms with Crippen molar-refractivity contribution in [2.24, 2.45) is 4.99 Å². The van der Waals surface area contributed by atoms with Gasteiger partial charge in [0, 0.05) is 6.20 Å². The molecule has 0 bridgehead atoms. The quantitative estimate of drug-likeness (QED) is 0.607. The minimum absolute atomic E-state index is 0.639. The van der Waals surface area contributed by atoms with Gasteiger partial charge in [-0.25, -0.2) is 15.0 Å². The van der Waals surface area contributed by atoms with Gasteiger partial charge in [-0.05, 0) is 13.0 Å². The zero-order valence-electron chi connectivity index (χ0n) is 6.82. The molecule has 4 heteroatoms. The molecule has 2 heterocycles. The summed E-state index contributed by atoms with van der Waals surface area (Å²) in [6, 6.07) is 1.80. The number of aryl methyl sites for hydroxylation is 1. The number of rotatable bonds is 1. The van der Waals surface area contributed by atoms with E-state index in [4.69, 9.17) is 4.74 Å². The molecule has 1 aliphatic rings. The maximum atomic E-state index is 5.25. The number of aromatic nitrogens is 2. The Labute approximate surface area is 70.3 Å². The number of aliphatic imine (C=N–C) groups is 1. The summed E-state index contributed by atoms with van der Waals surface area (Å²) in [6.45, 7) is 3.25. The average molecular weight is 163 g/mol. The van der Waals surface area contributed by atoms with Gasteiger partial charge in [0.1, 0.15) is 18.1 Å². The van der Waals surface area contributed by atoms with E-state index in [9.17, 15) is 0 Å². The van der Waals surface area contributed by atoms with Crippen molar-refractivity contribution < 1.29 is 4.74 Å². The highest BCUT2D eigenvalue weighted by Crippen LogP contribution is 2.03. The third kappa shape index (κ3) is 1.28. The van der Waals surface area contributed by atoms with Crippen molar-refractivity contribution in [1.29, 1.82) is 0 Å². The first-order chi connectivity index (χ1) is 5.86. The van der Waals surface area contributed by atoms with Crippen LogP contribution in [0.15, 0.2) is 17.3 Å². The average Bonchev–Trinajstić information content (AvgIpc) is 2.56. The molecule has 12 heavy (non-hydrogen) atoms. The molecule has 0 aromatic carbocycles. The molecule has 0 unspecified atom stereocenters. The summed E-state index contributed by atoms with van der Waals surface area (Å²) >= 11 is 0. The second-order valence-corrected chi connectivity index (χ2v) is 2.52. The van der Waals surface area contributed by atoms with Crippen LogP contribution < -0.4 is 0 Å². The first-order valence-corrected chi connectivity index (χ1v) is 3.83. The lowest BCUT2D eigenvalue weighted by Crippen LogP contribution is -2.05. The lowest BCUT2D eigenvalue weighted by atomic mass is 10.4. The summed E-state index contributed by atoms with van der Waals surface area (Å²) in [5.41, 5.74) is 0.778. The van der Waals surface area contributed by atoms with E-state index < -0.39 is 0 Å². The van der Waals surface area contributed by atoms with Gasteiger partial charge in [-0.3, -0.25) is 0 Å². The molecule has 1 aromatic rings. The van der Waals surface area contributed by atoms with E-state index in [0.29, 0.717) is 12.5 Å². The Morgan fingerprint density at radius 3 is 3.08 bits per heavy atom.